The van der Waals surface area contributed by atoms with Crippen LogP contribution in [0.15, 0.2) is 20.3 Å². The van der Waals surface area contributed by atoms with E-state index in [1.54, 1.807) is 6.20 Å². The van der Waals surface area contributed by atoms with Gasteiger partial charge in [0, 0.05) is 11.6 Å². The molecule has 2 rings (SSSR count). The van der Waals surface area contributed by atoms with E-state index >= 15 is 0 Å². The number of carbonyl (C=O) groups is 1. The van der Waals surface area contributed by atoms with E-state index in [-0.39, 0.29) is 10.0 Å². The van der Waals surface area contributed by atoms with Gasteiger partial charge in [0.25, 0.3) is 0 Å². The summed E-state index contributed by atoms with van der Waals surface area (Å²) in [7, 11) is 0. The fourth-order valence-electron chi connectivity index (χ4n) is 0.794. The van der Waals surface area contributed by atoms with Crippen LogP contribution < -0.4 is 0 Å². The van der Waals surface area contributed by atoms with E-state index in [4.69, 9.17) is 16.7 Å². The molecule has 0 aliphatic rings. The maximum absolute atomic E-state index is 10.7. The van der Waals surface area contributed by atoms with Crippen molar-refractivity contribution in [1.82, 2.24) is 9.97 Å². The van der Waals surface area contributed by atoms with Crippen LogP contribution in [0.1, 0.15) is 9.67 Å². The van der Waals surface area contributed by atoms with Crippen molar-refractivity contribution >= 4 is 52.0 Å². The van der Waals surface area contributed by atoms with Gasteiger partial charge in [-0.3, -0.25) is 0 Å². The van der Waals surface area contributed by atoms with Gasteiger partial charge in [0.15, 0.2) is 18.7 Å². The van der Waals surface area contributed by atoms with Crippen molar-refractivity contribution in [2.45, 2.75) is 8.68 Å². The van der Waals surface area contributed by atoms with Crippen molar-refractivity contribution in [2.75, 3.05) is 0 Å². The van der Waals surface area contributed by atoms with Gasteiger partial charge in [0.1, 0.15) is 0 Å². The molecule has 0 atom stereocenters. The second kappa shape index (κ2) is 4.48. The molecule has 0 bridgehead atoms. The number of hydrogen-bond donors (Lipinski definition) is 1. The van der Waals surface area contributed by atoms with Gasteiger partial charge in [-0.2, -0.15) is 0 Å². The number of aromatic nitrogens is 2. The first-order valence-electron chi connectivity index (χ1n) is 3.64. The quantitative estimate of drug-likeness (QED) is 0.935. The molecule has 0 amide bonds. The number of thiazole rings is 2. The summed E-state index contributed by atoms with van der Waals surface area (Å²) in [5, 5.41) is 10.6. The summed E-state index contributed by atoms with van der Waals surface area (Å²) in [6, 6.07) is 0. The summed E-state index contributed by atoms with van der Waals surface area (Å²) in [6.45, 7) is 0. The normalized spacial score (nSPS) is 10.5. The fourth-order valence-corrected chi connectivity index (χ4v) is 3.87. The molecule has 0 unspecified atom stereocenters. The summed E-state index contributed by atoms with van der Waals surface area (Å²) >= 11 is 9.50. The van der Waals surface area contributed by atoms with E-state index < -0.39 is 5.97 Å². The number of rotatable bonds is 3. The van der Waals surface area contributed by atoms with Crippen LogP contribution in [0.25, 0.3) is 0 Å². The second-order valence-electron chi connectivity index (χ2n) is 2.30. The maximum Gasteiger partial charge on any atom is 0.349 e. The third-order valence-electron chi connectivity index (χ3n) is 1.34. The molecular formula is C7H3ClN2O2S3. The highest BCUT2D eigenvalue weighted by Crippen LogP contribution is 2.35. The number of aromatic carboxylic acids is 1. The molecule has 4 nitrogen and oxygen atoms in total. The first-order valence-corrected chi connectivity index (χ1v) is 6.53. The van der Waals surface area contributed by atoms with Crippen molar-refractivity contribution in [3.63, 3.8) is 0 Å². The van der Waals surface area contributed by atoms with Gasteiger partial charge < -0.3 is 5.11 Å². The molecule has 0 aromatic carbocycles. The van der Waals surface area contributed by atoms with Crippen molar-refractivity contribution in [3.8, 4) is 0 Å². The van der Waals surface area contributed by atoms with E-state index in [1.807, 2.05) is 5.38 Å². The molecule has 8 heteroatoms. The zero-order valence-corrected chi connectivity index (χ0v) is 10.2. The number of carboxylic acid groups (broad SMARTS) is 1. The standard InChI is InChI=1S/C7H3ClN2O2S3/c8-4-3(5(11)12)14-7(10-4)15-6-9-1-2-13-6/h1-2H,(H,11,12). The Kier molecular flexibility index (Phi) is 3.25. The van der Waals surface area contributed by atoms with Gasteiger partial charge in [-0.05, 0) is 11.8 Å². The van der Waals surface area contributed by atoms with Gasteiger partial charge in [0.05, 0.1) is 0 Å². The molecule has 78 valence electrons. The third-order valence-corrected chi connectivity index (χ3v) is 4.72. The summed E-state index contributed by atoms with van der Waals surface area (Å²) in [6.07, 6.45) is 1.68. The minimum atomic E-state index is -1.05. The summed E-state index contributed by atoms with van der Waals surface area (Å²) in [4.78, 5) is 18.8. The Hall–Kier alpha value is -0.630. The lowest BCUT2D eigenvalue weighted by atomic mass is 10.6. The first kappa shape index (κ1) is 10.9. The van der Waals surface area contributed by atoms with E-state index in [0.29, 0.717) is 4.34 Å². The van der Waals surface area contributed by atoms with Crippen LogP contribution in [0.3, 0.4) is 0 Å². The Labute approximate surface area is 102 Å². The van der Waals surface area contributed by atoms with E-state index in [9.17, 15) is 4.79 Å². The molecule has 0 fully saturated rings. The molecule has 2 aromatic rings. The number of hydrogen-bond acceptors (Lipinski definition) is 6. The Bertz CT molecular complexity index is 482. The predicted molar refractivity (Wildman–Crippen MR) is 60.3 cm³/mol. The molecule has 0 spiro atoms. The second-order valence-corrected chi connectivity index (χ2v) is 6.05. The van der Waals surface area contributed by atoms with Crippen LogP contribution in [0.2, 0.25) is 5.15 Å². The van der Waals surface area contributed by atoms with Crippen molar-refractivity contribution < 1.29 is 9.90 Å². The molecule has 0 radical (unpaired) electrons. The van der Waals surface area contributed by atoms with Gasteiger partial charge >= 0.3 is 5.97 Å². The highest BCUT2D eigenvalue weighted by atomic mass is 35.5. The molecule has 0 aliphatic carbocycles. The monoisotopic (exact) mass is 278 g/mol. The fraction of sp³-hybridized carbons (Fsp3) is 0. The topological polar surface area (TPSA) is 63.1 Å². The van der Waals surface area contributed by atoms with Crippen molar-refractivity contribution in [1.29, 1.82) is 0 Å². The lowest BCUT2D eigenvalue weighted by Crippen LogP contribution is -1.91. The van der Waals surface area contributed by atoms with E-state index in [1.165, 1.54) is 23.1 Å². The first-order chi connectivity index (χ1) is 7.16. The van der Waals surface area contributed by atoms with Crippen LogP contribution in [0.5, 0.6) is 0 Å². The molecule has 2 heterocycles. The number of nitrogens with zero attached hydrogens (tertiary/aromatic N) is 2. The van der Waals surface area contributed by atoms with E-state index in [0.717, 1.165) is 15.7 Å². The van der Waals surface area contributed by atoms with Crippen LogP contribution in [-0.4, -0.2) is 21.0 Å². The third kappa shape index (κ3) is 2.49. The molecule has 0 saturated carbocycles. The molecule has 15 heavy (non-hydrogen) atoms. The molecular weight excluding hydrogens is 276 g/mol. The lowest BCUT2D eigenvalue weighted by molar-refractivity contribution is 0.0702. The van der Waals surface area contributed by atoms with Gasteiger partial charge in [-0.1, -0.05) is 22.9 Å². The minimum absolute atomic E-state index is 0.0338. The van der Waals surface area contributed by atoms with Crippen molar-refractivity contribution in [2.24, 2.45) is 0 Å². The van der Waals surface area contributed by atoms with Gasteiger partial charge in [0.2, 0.25) is 0 Å². The average Bonchev–Trinajstić information content (AvgIpc) is 2.75. The summed E-state index contributed by atoms with van der Waals surface area (Å²) in [5.41, 5.74) is 0. The number of carboxylic acids is 1. The van der Waals surface area contributed by atoms with E-state index in [2.05, 4.69) is 9.97 Å². The van der Waals surface area contributed by atoms with Gasteiger partial charge in [-0.25, -0.2) is 14.8 Å². The molecule has 0 saturated heterocycles. The summed E-state index contributed by atoms with van der Waals surface area (Å²) in [5.74, 6) is -1.05. The largest absolute Gasteiger partial charge is 0.477 e. The Morgan fingerprint density at radius 3 is 2.87 bits per heavy atom. The predicted octanol–water partition coefficient (Wildman–Crippen LogP) is 3.10. The lowest BCUT2D eigenvalue weighted by Gasteiger charge is -1.87. The van der Waals surface area contributed by atoms with Gasteiger partial charge in [-0.15, -0.1) is 11.3 Å². The smallest absolute Gasteiger partial charge is 0.349 e. The molecule has 0 aliphatic heterocycles. The highest BCUT2D eigenvalue weighted by molar-refractivity contribution is 8.02. The SMILES string of the molecule is O=C(O)c1sc(Sc2nccs2)nc1Cl. The zero-order chi connectivity index (χ0) is 10.8. The highest BCUT2D eigenvalue weighted by Gasteiger charge is 2.16. The van der Waals surface area contributed by atoms with Crippen LogP contribution in [0.4, 0.5) is 0 Å². The minimum Gasteiger partial charge on any atom is -0.477 e. The Balaban J connectivity index is 2.23. The molecule has 2 aromatic heterocycles. The Morgan fingerprint density at radius 2 is 2.33 bits per heavy atom. The maximum atomic E-state index is 10.7. The number of halogens is 1. The molecule has 1 N–H and O–H groups in total. The zero-order valence-electron chi connectivity index (χ0n) is 7.01. The van der Waals surface area contributed by atoms with Crippen molar-refractivity contribution in [3.05, 3.63) is 21.6 Å². The van der Waals surface area contributed by atoms with Crippen LogP contribution >= 0.6 is 46.0 Å². The van der Waals surface area contributed by atoms with Crippen LogP contribution in [-0.2, 0) is 0 Å². The summed E-state index contributed by atoms with van der Waals surface area (Å²) < 4.78 is 1.41. The Morgan fingerprint density at radius 1 is 1.53 bits per heavy atom. The van der Waals surface area contributed by atoms with Crippen LogP contribution in [0, 0.1) is 0 Å². The average molecular weight is 279 g/mol.